The van der Waals surface area contributed by atoms with Crippen LogP contribution in [0.15, 0.2) is 48.5 Å². The molecule has 0 aromatic heterocycles. The normalized spacial score (nSPS) is 10.2. The number of hydrogen-bond donors (Lipinski definition) is 2. The highest BCUT2D eigenvalue weighted by Gasteiger charge is 2.09. The number of nitrogens with one attached hydrogen (secondary N) is 2. The van der Waals surface area contributed by atoms with Crippen molar-refractivity contribution in [3.63, 3.8) is 0 Å². The maximum atomic E-state index is 12.3. The van der Waals surface area contributed by atoms with E-state index in [-0.39, 0.29) is 11.8 Å². The average Bonchev–Trinajstić information content (AvgIpc) is 2.66. The number of carbonyl (C=O) groups excluding carboxylic acids is 2. The fraction of sp³-hybridized carbons (Fsp3) is 0.300. The highest BCUT2D eigenvalue weighted by Crippen LogP contribution is 2.15. The Kier molecular flexibility index (Phi) is 7.64. The molecule has 0 heterocycles. The summed E-state index contributed by atoms with van der Waals surface area (Å²) in [4.78, 5) is 24.5. The molecule has 2 aromatic carbocycles. The van der Waals surface area contributed by atoms with Crippen molar-refractivity contribution >= 4 is 17.5 Å². The number of anilines is 1. The standard InChI is InChI=1S/C20H24N2O4/c1-3-26-18-10-8-15(9-11-18)20(24)22-17-7-4-6-16(14-17)19(23)21-12-5-13-25-2/h4,6-11,14H,3,5,12-13H2,1-2H3,(H,21,23)(H,22,24). The molecule has 138 valence electrons. The number of carbonyl (C=O) groups is 2. The van der Waals surface area contributed by atoms with E-state index in [0.29, 0.717) is 36.6 Å². The third kappa shape index (κ3) is 5.89. The van der Waals surface area contributed by atoms with Crippen LogP contribution in [0.25, 0.3) is 0 Å². The Morgan fingerprint density at radius 2 is 1.77 bits per heavy atom. The number of ether oxygens (including phenoxy) is 2. The van der Waals surface area contributed by atoms with Crippen molar-refractivity contribution in [2.24, 2.45) is 0 Å². The molecule has 0 aliphatic heterocycles. The van der Waals surface area contributed by atoms with Gasteiger partial charge in [-0.25, -0.2) is 0 Å². The zero-order valence-electron chi connectivity index (χ0n) is 15.1. The van der Waals surface area contributed by atoms with Gasteiger partial charge in [-0.05, 0) is 55.8 Å². The summed E-state index contributed by atoms with van der Waals surface area (Å²) in [5.41, 5.74) is 1.57. The first-order valence-corrected chi connectivity index (χ1v) is 8.55. The van der Waals surface area contributed by atoms with Crippen LogP contribution in [0.5, 0.6) is 5.75 Å². The highest BCUT2D eigenvalue weighted by atomic mass is 16.5. The lowest BCUT2D eigenvalue weighted by Gasteiger charge is -2.09. The Balaban J connectivity index is 1.96. The molecule has 0 aliphatic rings. The summed E-state index contributed by atoms with van der Waals surface area (Å²) in [5, 5.41) is 5.62. The third-order valence-corrected chi connectivity index (χ3v) is 3.62. The SMILES string of the molecule is CCOc1ccc(C(=O)Nc2cccc(C(=O)NCCCOC)c2)cc1. The molecule has 0 atom stereocenters. The summed E-state index contributed by atoms with van der Waals surface area (Å²) in [6, 6.07) is 13.7. The molecule has 0 saturated heterocycles. The fourth-order valence-electron chi connectivity index (χ4n) is 2.33. The van der Waals surface area contributed by atoms with Crippen LogP contribution in [0, 0.1) is 0 Å². The van der Waals surface area contributed by atoms with E-state index in [9.17, 15) is 9.59 Å². The summed E-state index contributed by atoms with van der Waals surface area (Å²) >= 11 is 0. The van der Waals surface area contributed by atoms with Gasteiger partial charge in [0.1, 0.15) is 5.75 Å². The van der Waals surface area contributed by atoms with Crippen LogP contribution >= 0.6 is 0 Å². The maximum Gasteiger partial charge on any atom is 0.255 e. The molecule has 2 amide bonds. The number of benzene rings is 2. The molecule has 2 aromatic rings. The lowest BCUT2D eigenvalue weighted by Crippen LogP contribution is -2.25. The molecule has 0 spiro atoms. The number of methoxy groups -OCH3 is 1. The van der Waals surface area contributed by atoms with Crippen LogP contribution < -0.4 is 15.4 Å². The zero-order chi connectivity index (χ0) is 18.8. The van der Waals surface area contributed by atoms with E-state index in [1.54, 1.807) is 55.6 Å². The Labute approximate surface area is 153 Å². The predicted octanol–water partition coefficient (Wildman–Crippen LogP) is 3.10. The van der Waals surface area contributed by atoms with Gasteiger partial charge in [0.15, 0.2) is 0 Å². The molecule has 2 rings (SSSR count). The van der Waals surface area contributed by atoms with Gasteiger partial charge in [-0.3, -0.25) is 9.59 Å². The summed E-state index contributed by atoms with van der Waals surface area (Å²) in [7, 11) is 1.62. The third-order valence-electron chi connectivity index (χ3n) is 3.62. The molecule has 0 fully saturated rings. The van der Waals surface area contributed by atoms with Gasteiger partial charge in [-0.2, -0.15) is 0 Å². The molecule has 0 unspecified atom stereocenters. The van der Waals surface area contributed by atoms with Crippen molar-refractivity contribution in [2.75, 3.05) is 32.2 Å². The van der Waals surface area contributed by atoms with Gasteiger partial charge in [0.25, 0.3) is 11.8 Å². The summed E-state index contributed by atoms with van der Waals surface area (Å²) in [5.74, 6) is 0.292. The van der Waals surface area contributed by atoms with Crippen LogP contribution in [0.2, 0.25) is 0 Å². The molecule has 0 saturated carbocycles. The first kappa shape index (κ1) is 19.5. The van der Waals surface area contributed by atoms with Gasteiger partial charge < -0.3 is 20.1 Å². The average molecular weight is 356 g/mol. The second kappa shape index (κ2) is 10.2. The number of hydrogen-bond acceptors (Lipinski definition) is 4. The maximum absolute atomic E-state index is 12.3. The number of amides is 2. The Hall–Kier alpha value is -2.86. The van der Waals surface area contributed by atoms with Crippen LogP contribution in [0.3, 0.4) is 0 Å². The van der Waals surface area contributed by atoms with Crippen molar-refractivity contribution in [1.29, 1.82) is 0 Å². The van der Waals surface area contributed by atoms with E-state index in [4.69, 9.17) is 9.47 Å². The van der Waals surface area contributed by atoms with Crippen LogP contribution in [-0.2, 0) is 4.74 Å². The monoisotopic (exact) mass is 356 g/mol. The molecule has 6 nitrogen and oxygen atoms in total. The van der Waals surface area contributed by atoms with Gasteiger partial charge in [-0.15, -0.1) is 0 Å². The van der Waals surface area contributed by atoms with Gasteiger partial charge in [0.05, 0.1) is 6.61 Å². The summed E-state index contributed by atoms with van der Waals surface area (Å²) < 4.78 is 10.3. The highest BCUT2D eigenvalue weighted by molar-refractivity contribution is 6.05. The molecular formula is C20H24N2O4. The van der Waals surface area contributed by atoms with Crippen molar-refractivity contribution in [1.82, 2.24) is 5.32 Å². The van der Waals surface area contributed by atoms with Gasteiger partial charge in [0, 0.05) is 37.1 Å². The largest absolute Gasteiger partial charge is 0.494 e. The van der Waals surface area contributed by atoms with Crippen LogP contribution in [0.4, 0.5) is 5.69 Å². The molecular weight excluding hydrogens is 332 g/mol. The van der Waals surface area contributed by atoms with Crippen molar-refractivity contribution in [3.8, 4) is 5.75 Å². The van der Waals surface area contributed by atoms with Crippen molar-refractivity contribution in [3.05, 3.63) is 59.7 Å². The molecule has 0 aliphatic carbocycles. The van der Waals surface area contributed by atoms with E-state index in [1.807, 2.05) is 6.92 Å². The lowest BCUT2D eigenvalue weighted by atomic mass is 10.1. The van der Waals surface area contributed by atoms with E-state index >= 15 is 0 Å². The minimum atomic E-state index is -0.245. The van der Waals surface area contributed by atoms with Gasteiger partial charge in [-0.1, -0.05) is 6.07 Å². The van der Waals surface area contributed by atoms with Crippen LogP contribution in [0.1, 0.15) is 34.1 Å². The van der Waals surface area contributed by atoms with Crippen molar-refractivity contribution < 1.29 is 19.1 Å². The molecule has 26 heavy (non-hydrogen) atoms. The Morgan fingerprint density at radius 1 is 1.00 bits per heavy atom. The van der Waals surface area contributed by atoms with E-state index in [2.05, 4.69) is 10.6 Å². The predicted molar refractivity (Wildman–Crippen MR) is 101 cm³/mol. The van der Waals surface area contributed by atoms with Crippen LogP contribution in [-0.4, -0.2) is 38.7 Å². The zero-order valence-corrected chi connectivity index (χ0v) is 15.1. The van der Waals surface area contributed by atoms with Gasteiger partial charge >= 0.3 is 0 Å². The second-order valence-electron chi connectivity index (χ2n) is 5.59. The van der Waals surface area contributed by atoms with E-state index < -0.39 is 0 Å². The van der Waals surface area contributed by atoms with E-state index in [1.165, 1.54) is 0 Å². The Morgan fingerprint density at radius 3 is 2.46 bits per heavy atom. The summed E-state index contributed by atoms with van der Waals surface area (Å²) in [6.45, 7) is 3.61. The second-order valence-corrected chi connectivity index (χ2v) is 5.59. The lowest BCUT2D eigenvalue weighted by molar-refractivity contribution is 0.0947. The molecule has 6 heteroatoms. The first-order chi connectivity index (χ1) is 12.6. The minimum Gasteiger partial charge on any atom is -0.494 e. The first-order valence-electron chi connectivity index (χ1n) is 8.55. The molecule has 2 N–H and O–H groups in total. The van der Waals surface area contributed by atoms with Gasteiger partial charge in [0.2, 0.25) is 0 Å². The topological polar surface area (TPSA) is 76.7 Å². The fourth-order valence-corrected chi connectivity index (χ4v) is 2.33. The smallest absolute Gasteiger partial charge is 0.255 e. The van der Waals surface area contributed by atoms with Crippen molar-refractivity contribution in [2.45, 2.75) is 13.3 Å². The van der Waals surface area contributed by atoms with E-state index in [0.717, 1.165) is 12.2 Å². The molecule has 0 bridgehead atoms. The minimum absolute atomic E-state index is 0.182. The molecule has 0 radical (unpaired) electrons. The Bertz CT molecular complexity index is 729. The summed E-state index contributed by atoms with van der Waals surface area (Å²) in [6.07, 6.45) is 0.746. The quantitative estimate of drug-likeness (QED) is 0.677. The number of rotatable bonds is 9.